The number of hydrogen-bond acceptors (Lipinski definition) is 5. The van der Waals surface area contributed by atoms with Crippen LogP contribution < -0.4 is 11.1 Å². The first kappa shape index (κ1) is 28.5. The largest absolute Gasteiger partial charge is 0.397 e. The van der Waals surface area contributed by atoms with Crippen molar-refractivity contribution >= 4 is 66.4 Å². The zero-order chi connectivity index (χ0) is 25.5. The summed E-state index contributed by atoms with van der Waals surface area (Å²) in [5.41, 5.74) is 8.96. The smallest absolute Gasteiger partial charge is 0.172 e. The van der Waals surface area contributed by atoms with Gasteiger partial charge < -0.3 is 11.1 Å². The van der Waals surface area contributed by atoms with Gasteiger partial charge in [-0.2, -0.15) is 5.10 Å². The average Bonchev–Trinajstić information content (AvgIpc) is 3.19. The third kappa shape index (κ3) is 8.18. The van der Waals surface area contributed by atoms with Crippen molar-refractivity contribution in [3.05, 3.63) is 80.7 Å². The van der Waals surface area contributed by atoms with Crippen LogP contribution in [0.15, 0.2) is 69.3 Å². The fourth-order valence-electron chi connectivity index (χ4n) is 2.91. The molecule has 0 radical (unpaired) electrons. The maximum absolute atomic E-state index is 14.1. The first-order chi connectivity index (χ1) is 16.0. The Morgan fingerprint density at radius 2 is 2.18 bits per heavy atom. The molecule has 0 aliphatic heterocycles. The number of nitrogens with zero attached hydrogens (tertiary/aromatic N) is 4. The van der Waals surface area contributed by atoms with Gasteiger partial charge in [-0.3, -0.25) is 0 Å². The number of aromatic nitrogens is 3. The lowest BCUT2D eigenvalue weighted by Gasteiger charge is -2.17. The Kier molecular flexibility index (Phi) is 10.7. The predicted molar refractivity (Wildman–Crippen MR) is 153 cm³/mol. The van der Waals surface area contributed by atoms with E-state index in [-0.39, 0.29) is 17.3 Å². The maximum Gasteiger partial charge on any atom is 0.172 e. The molecule has 0 aliphatic rings. The number of nitrogens with two attached hydrogens (primary N) is 1. The second-order valence-corrected chi connectivity index (χ2v) is 10.2. The van der Waals surface area contributed by atoms with E-state index < -0.39 is 5.41 Å². The van der Waals surface area contributed by atoms with Crippen LogP contribution in [0.4, 0.5) is 4.39 Å². The Bertz CT molecular complexity index is 1150. The van der Waals surface area contributed by atoms with Gasteiger partial charge in [-0.25, -0.2) is 19.0 Å². The lowest BCUT2D eigenvalue weighted by molar-refractivity contribution is 0.295. The Morgan fingerprint density at radius 1 is 1.47 bits per heavy atom. The fourth-order valence-corrected chi connectivity index (χ4v) is 3.48. The van der Waals surface area contributed by atoms with E-state index in [4.69, 9.17) is 28.9 Å². The van der Waals surface area contributed by atoms with Gasteiger partial charge in [0, 0.05) is 10.3 Å². The predicted octanol–water partition coefficient (Wildman–Crippen LogP) is 6.65. The molecule has 2 rings (SSSR count). The number of rotatable bonds is 11. The number of alkyl halides is 1. The summed E-state index contributed by atoms with van der Waals surface area (Å²) in [7, 11) is 2.20. The third-order valence-corrected chi connectivity index (χ3v) is 6.18. The Hall–Kier alpha value is -1.74. The van der Waals surface area contributed by atoms with Gasteiger partial charge in [-0.05, 0) is 67.0 Å². The maximum atomic E-state index is 14.1. The second kappa shape index (κ2) is 12.8. The number of aryl methyl sites for hydroxylation is 1. The lowest BCUT2D eigenvalue weighted by atomic mass is 10.1. The van der Waals surface area contributed by atoms with Crippen molar-refractivity contribution < 1.29 is 4.39 Å². The molecule has 182 valence electrons. The highest BCUT2D eigenvalue weighted by Gasteiger charge is 2.21. The quantitative estimate of drug-likeness (QED) is 0.125. The average molecular weight is 635 g/mol. The van der Waals surface area contributed by atoms with Crippen LogP contribution in [0.2, 0.25) is 5.02 Å². The molecule has 0 fully saturated rings. The normalized spacial score (nSPS) is 14.6. The van der Waals surface area contributed by atoms with E-state index in [1.165, 1.54) is 6.92 Å². The highest BCUT2D eigenvalue weighted by Crippen LogP contribution is 2.28. The zero-order valence-corrected chi connectivity index (χ0v) is 23.8. The molecule has 34 heavy (non-hydrogen) atoms. The fraction of sp³-hybridized carbons (Fsp3) is 0.261. The zero-order valence-electron chi connectivity index (χ0n) is 19.0. The van der Waals surface area contributed by atoms with Gasteiger partial charge in [0.05, 0.1) is 33.5 Å². The summed E-state index contributed by atoms with van der Waals surface area (Å²) in [6.45, 7) is 11.5. The molecule has 2 atom stereocenters. The van der Waals surface area contributed by atoms with E-state index in [2.05, 4.69) is 42.8 Å². The summed E-state index contributed by atoms with van der Waals surface area (Å²) >= 11 is 14.5. The van der Waals surface area contributed by atoms with Crippen molar-refractivity contribution in [2.45, 2.75) is 38.5 Å². The second-order valence-electron chi connectivity index (χ2n) is 7.57. The molecule has 2 aromatic heterocycles. The summed E-state index contributed by atoms with van der Waals surface area (Å²) in [6, 6.07) is 5.27. The summed E-state index contributed by atoms with van der Waals surface area (Å²) in [5.74, 6) is 0.427. The van der Waals surface area contributed by atoms with Crippen molar-refractivity contribution in [3.8, 4) is 5.82 Å². The minimum Gasteiger partial charge on any atom is -0.397 e. The van der Waals surface area contributed by atoms with Crippen LogP contribution in [0, 0.1) is 0 Å². The van der Waals surface area contributed by atoms with Gasteiger partial charge in [0.25, 0.3) is 0 Å². The van der Waals surface area contributed by atoms with Crippen LogP contribution >= 0.6 is 55.0 Å². The van der Waals surface area contributed by atoms with Crippen LogP contribution in [-0.2, 0) is 6.42 Å². The summed E-state index contributed by atoms with van der Waals surface area (Å²) in [4.78, 5) is 8.72. The van der Waals surface area contributed by atoms with Crippen LogP contribution in [0.3, 0.4) is 0 Å². The van der Waals surface area contributed by atoms with E-state index in [1.807, 2.05) is 41.7 Å². The third-order valence-electron chi connectivity index (χ3n) is 4.44. The molecule has 0 saturated carbocycles. The molecular weight excluding hydrogens is 608 g/mol. The van der Waals surface area contributed by atoms with Crippen LogP contribution in [0.5, 0.6) is 0 Å². The lowest BCUT2D eigenvalue weighted by Crippen LogP contribution is -2.24. The van der Waals surface area contributed by atoms with Crippen LogP contribution in [0.25, 0.3) is 11.5 Å². The Labute approximate surface area is 225 Å². The van der Waals surface area contributed by atoms with Gasteiger partial charge in [-0.1, -0.05) is 58.6 Å². The molecule has 2 aromatic rings. The van der Waals surface area contributed by atoms with Crippen molar-refractivity contribution in [1.29, 1.82) is 0 Å². The number of hydrogen-bond donors (Lipinski definition) is 2. The highest BCUT2D eigenvalue weighted by atomic mass is 127. The molecule has 0 aliphatic carbocycles. The van der Waals surface area contributed by atoms with Gasteiger partial charge >= 0.3 is 0 Å². The van der Waals surface area contributed by atoms with E-state index in [0.29, 0.717) is 52.2 Å². The topological polar surface area (TPSA) is 81.1 Å². The number of allylic oxidation sites excluding steroid dienone is 1. The number of pyridine rings is 1. The van der Waals surface area contributed by atoms with Crippen molar-refractivity contribution in [2.75, 3.05) is 0 Å². The Balaban J connectivity index is 2.53. The van der Waals surface area contributed by atoms with Crippen molar-refractivity contribution in [3.63, 3.8) is 0 Å². The minimum atomic E-state index is -1.41. The molecule has 0 aromatic carbocycles. The molecule has 0 saturated heterocycles. The van der Waals surface area contributed by atoms with Crippen molar-refractivity contribution in [2.24, 2.45) is 10.7 Å². The van der Waals surface area contributed by atoms with Gasteiger partial charge in [-0.15, -0.1) is 0 Å². The standard InChI is InChI=1S/C23H27Cl2FIN6P/c1-5-7-18(21(14(2)28)31-20(25)13-27)30-15(3)19-12-16(9-10-23(4,26)34)32-33(19)22-17(24)8-6-11-29-22/h6-8,11-13,30H,2-3,5,9-10,28,34H2,1,4H3/b18-7-,20-13-,31-21-. The summed E-state index contributed by atoms with van der Waals surface area (Å²) in [5, 5.41) is 7.15. The van der Waals surface area contributed by atoms with E-state index in [9.17, 15) is 4.39 Å². The SMILES string of the molecule is C=C(N)C(=N/C(Cl)=C\I)/C(=C/CC)NC(=C)c1cc(CCC(C)(F)P)nn1-c1ncccc1Cl. The molecule has 0 amide bonds. The van der Waals surface area contributed by atoms with E-state index >= 15 is 0 Å². The van der Waals surface area contributed by atoms with E-state index in [0.717, 1.165) is 0 Å². The molecule has 2 unspecified atom stereocenters. The molecular formula is C23H27Cl2FIN6P. The number of halogens is 4. The first-order valence-electron chi connectivity index (χ1n) is 10.3. The monoisotopic (exact) mass is 634 g/mol. The van der Waals surface area contributed by atoms with Gasteiger partial charge in [0.15, 0.2) is 5.82 Å². The molecule has 0 spiro atoms. The van der Waals surface area contributed by atoms with Gasteiger partial charge in [0.2, 0.25) is 0 Å². The summed E-state index contributed by atoms with van der Waals surface area (Å²) in [6.07, 6.45) is 4.89. The Morgan fingerprint density at radius 3 is 2.74 bits per heavy atom. The van der Waals surface area contributed by atoms with Gasteiger partial charge in [0.1, 0.15) is 16.3 Å². The molecule has 6 nitrogen and oxygen atoms in total. The molecule has 0 bridgehead atoms. The number of aliphatic imine (C=N–C) groups is 1. The highest BCUT2D eigenvalue weighted by molar-refractivity contribution is 14.1. The number of nitrogens with one attached hydrogen (secondary N) is 1. The first-order valence-corrected chi connectivity index (χ1v) is 12.9. The van der Waals surface area contributed by atoms with Crippen LogP contribution in [-0.4, -0.2) is 25.9 Å². The molecule has 3 N–H and O–H groups in total. The molecule has 11 heteroatoms. The van der Waals surface area contributed by atoms with Crippen LogP contribution in [0.1, 0.15) is 38.1 Å². The summed E-state index contributed by atoms with van der Waals surface area (Å²) < 4.78 is 17.3. The molecule has 2 heterocycles. The van der Waals surface area contributed by atoms with Crippen molar-refractivity contribution in [1.82, 2.24) is 20.1 Å². The minimum absolute atomic E-state index is 0.237. The van der Waals surface area contributed by atoms with E-state index in [1.54, 1.807) is 27.1 Å².